The second kappa shape index (κ2) is 5.28. The summed E-state index contributed by atoms with van der Waals surface area (Å²) in [7, 11) is 0. The molecule has 0 radical (unpaired) electrons. The highest BCUT2D eigenvalue weighted by molar-refractivity contribution is 6.31. The number of halogens is 1. The highest BCUT2D eigenvalue weighted by atomic mass is 35.5. The minimum absolute atomic E-state index is 0.260. The van der Waals surface area contributed by atoms with Gasteiger partial charge in [-0.3, -0.25) is 0 Å². The molecule has 0 saturated heterocycles. The molecular weight excluding hydrogens is 252 g/mol. The second-order valence-electron chi connectivity index (χ2n) is 4.76. The van der Waals surface area contributed by atoms with Crippen molar-refractivity contribution in [2.24, 2.45) is 0 Å². The number of aromatic nitrogens is 1. The van der Waals surface area contributed by atoms with Gasteiger partial charge in [0, 0.05) is 35.2 Å². The maximum atomic E-state index is 9.66. The van der Waals surface area contributed by atoms with Crippen molar-refractivity contribution in [3.8, 4) is 0 Å². The summed E-state index contributed by atoms with van der Waals surface area (Å²) in [4.78, 5) is 3.15. The third-order valence-electron chi connectivity index (χ3n) is 2.89. The predicted octanol–water partition coefficient (Wildman–Crippen LogP) is 1.65. The van der Waals surface area contributed by atoms with E-state index in [0.29, 0.717) is 18.1 Å². The van der Waals surface area contributed by atoms with Gasteiger partial charge >= 0.3 is 0 Å². The maximum Gasteiger partial charge on any atom is 0.0972 e. The lowest BCUT2D eigenvalue weighted by atomic mass is 10.1. The highest BCUT2D eigenvalue weighted by Crippen LogP contribution is 2.21. The van der Waals surface area contributed by atoms with Crippen molar-refractivity contribution in [2.75, 3.05) is 13.2 Å². The molecule has 0 aliphatic carbocycles. The van der Waals surface area contributed by atoms with E-state index in [4.69, 9.17) is 16.7 Å². The van der Waals surface area contributed by atoms with Crippen molar-refractivity contribution in [1.82, 2.24) is 10.3 Å². The molecule has 0 amide bonds. The fourth-order valence-corrected chi connectivity index (χ4v) is 2.00. The van der Waals surface area contributed by atoms with Crippen LogP contribution >= 0.6 is 11.6 Å². The van der Waals surface area contributed by atoms with Gasteiger partial charge in [-0.2, -0.15) is 0 Å². The Labute approximate surface area is 111 Å². The van der Waals surface area contributed by atoms with E-state index in [1.807, 2.05) is 24.4 Å². The lowest BCUT2D eigenvalue weighted by Crippen LogP contribution is -2.40. The summed E-state index contributed by atoms with van der Waals surface area (Å²) in [6, 6.07) is 5.70. The summed E-state index contributed by atoms with van der Waals surface area (Å²) >= 11 is 5.91. The topological polar surface area (TPSA) is 68.3 Å². The summed E-state index contributed by atoms with van der Waals surface area (Å²) in [6.45, 7) is 2.29. The molecule has 1 aromatic carbocycles. The Bertz CT molecular complexity index is 537. The van der Waals surface area contributed by atoms with Crippen LogP contribution in [0.15, 0.2) is 24.4 Å². The molecule has 18 heavy (non-hydrogen) atoms. The summed E-state index contributed by atoms with van der Waals surface area (Å²) in [5.41, 5.74) is 1.01. The molecular formula is C13H17ClN2O2. The van der Waals surface area contributed by atoms with Crippen molar-refractivity contribution in [2.45, 2.75) is 19.1 Å². The quantitative estimate of drug-likeness (QED) is 0.667. The lowest BCUT2D eigenvalue weighted by Gasteiger charge is -2.20. The van der Waals surface area contributed by atoms with Crippen LogP contribution in [0.2, 0.25) is 5.02 Å². The van der Waals surface area contributed by atoms with Gasteiger partial charge in [0.2, 0.25) is 0 Å². The molecule has 1 unspecified atom stereocenters. The van der Waals surface area contributed by atoms with Gasteiger partial charge in [0.1, 0.15) is 0 Å². The van der Waals surface area contributed by atoms with Crippen LogP contribution in [0, 0.1) is 0 Å². The molecule has 5 heteroatoms. The second-order valence-corrected chi connectivity index (χ2v) is 5.20. The van der Waals surface area contributed by atoms with Gasteiger partial charge in [0.25, 0.3) is 0 Å². The zero-order valence-corrected chi connectivity index (χ0v) is 11.0. The van der Waals surface area contributed by atoms with E-state index in [2.05, 4.69) is 10.3 Å². The number of hydrogen-bond donors (Lipinski definition) is 4. The minimum Gasteiger partial charge on any atom is -0.393 e. The number of hydrogen-bond acceptors (Lipinski definition) is 3. The van der Waals surface area contributed by atoms with Gasteiger partial charge in [0.15, 0.2) is 0 Å². The summed E-state index contributed by atoms with van der Waals surface area (Å²) in [5, 5.41) is 23.5. The fourth-order valence-electron chi connectivity index (χ4n) is 1.83. The molecule has 0 saturated carbocycles. The third-order valence-corrected chi connectivity index (χ3v) is 3.13. The number of benzene rings is 1. The Morgan fingerprint density at radius 1 is 1.44 bits per heavy atom. The van der Waals surface area contributed by atoms with Crippen molar-refractivity contribution >= 4 is 22.5 Å². The van der Waals surface area contributed by atoms with Crippen LogP contribution < -0.4 is 5.32 Å². The standard InChI is InChI=1S/C13H17ClN2O2/c1-13(18,8-17)7-15-5-9-6-16-12-4-10(14)2-3-11(9)12/h2-4,6,15-18H,5,7-8H2,1H3. The first-order valence-corrected chi connectivity index (χ1v) is 6.19. The maximum absolute atomic E-state index is 9.66. The molecule has 0 spiro atoms. The highest BCUT2D eigenvalue weighted by Gasteiger charge is 2.18. The normalized spacial score (nSPS) is 14.9. The molecule has 4 nitrogen and oxygen atoms in total. The van der Waals surface area contributed by atoms with E-state index in [1.165, 1.54) is 0 Å². The number of nitrogens with one attached hydrogen (secondary N) is 2. The van der Waals surface area contributed by atoms with E-state index < -0.39 is 5.60 Å². The summed E-state index contributed by atoms with van der Waals surface area (Å²) in [5.74, 6) is 0. The number of H-pyrrole nitrogens is 1. The Kier molecular flexibility index (Phi) is 3.92. The molecule has 0 aliphatic heterocycles. The minimum atomic E-state index is -1.09. The van der Waals surface area contributed by atoms with Crippen LogP contribution in [0.5, 0.6) is 0 Å². The van der Waals surface area contributed by atoms with E-state index >= 15 is 0 Å². The number of aromatic amines is 1. The first-order chi connectivity index (χ1) is 8.52. The van der Waals surface area contributed by atoms with Crippen LogP contribution in [-0.4, -0.2) is 33.9 Å². The lowest BCUT2D eigenvalue weighted by molar-refractivity contribution is 0.00255. The van der Waals surface area contributed by atoms with Crippen LogP contribution in [0.4, 0.5) is 0 Å². The molecule has 4 N–H and O–H groups in total. The monoisotopic (exact) mass is 268 g/mol. The molecule has 1 atom stereocenters. The molecule has 1 heterocycles. The van der Waals surface area contributed by atoms with Crippen LogP contribution in [-0.2, 0) is 6.54 Å². The summed E-state index contributed by atoms with van der Waals surface area (Å²) in [6.07, 6.45) is 1.92. The van der Waals surface area contributed by atoms with Gasteiger partial charge in [-0.15, -0.1) is 0 Å². The van der Waals surface area contributed by atoms with Crippen molar-refractivity contribution in [3.05, 3.63) is 35.0 Å². The smallest absolute Gasteiger partial charge is 0.0972 e. The van der Waals surface area contributed by atoms with Crippen LogP contribution in [0.3, 0.4) is 0 Å². The Morgan fingerprint density at radius 2 is 2.22 bits per heavy atom. The molecule has 2 rings (SSSR count). The van der Waals surface area contributed by atoms with E-state index in [1.54, 1.807) is 6.92 Å². The van der Waals surface area contributed by atoms with E-state index in [0.717, 1.165) is 16.5 Å². The average Bonchev–Trinajstić information content (AvgIpc) is 2.71. The Morgan fingerprint density at radius 3 is 2.94 bits per heavy atom. The first kappa shape index (κ1) is 13.4. The van der Waals surface area contributed by atoms with Crippen molar-refractivity contribution < 1.29 is 10.2 Å². The first-order valence-electron chi connectivity index (χ1n) is 5.81. The molecule has 2 aromatic rings. The fraction of sp³-hybridized carbons (Fsp3) is 0.385. The number of rotatable bonds is 5. The number of fused-ring (bicyclic) bond motifs is 1. The Balaban J connectivity index is 2.04. The Hall–Kier alpha value is -1.07. The summed E-state index contributed by atoms with van der Waals surface area (Å²) < 4.78 is 0. The SMILES string of the molecule is CC(O)(CO)CNCc1c[nH]c2cc(Cl)ccc12. The third kappa shape index (κ3) is 3.03. The van der Waals surface area contributed by atoms with E-state index in [9.17, 15) is 5.11 Å². The van der Waals surface area contributed by atoms with Crippen LogP contribution in [0.1, 0.15) is 12.5 Å². The molecule has 0 bridgehead atoms. The zero-order valence-electron chi connectivity index (χ0n) is 10.2. The largest absolute Gasteiger partial charge is 0.393 e. The molecule has 0 fully saturated rings. The predicted molar refractivity (Wildman–Crippen MR) is 72.7 cm³/mol. The number of aliphatic hydroxyl groups is 2. The molecule has 0 aliphatic rings. The van der Waals surface area contributed by atoms with Crippen LogP contribution in [0.25, 0.3) is 10.9 Å². The molecule has 98 valence electrons. The van der Waals surface area contributed by atoms with Gasteiger partial charge < -0.3 is 20.5 Å². The van der Waals surface area contributed by atoms with E-state index in [-0.39, 0.29) is 6.61 Å². The zero-order chi connectivity index (χ0) is 13.2. The van der Waals surface area contributed by atoms with Gasteiger partial charge in [0.05, 0.1) is 12.2 Å². The van der Waals surface area contributed by atoms with Gasteiger partial charge in [-0.1, -0.05) is 17.7 Å². The average molecular weight is 269 g/mol. The molecule has 1 aromatic heterocycles. The van der Waals surface area contributed by atoms with Crippen molar-refractivity contribution in [3.63, 3.8) is 0 Å². The van der Waals surface area contributed by atoms with Gasteiger partial charge in [-0.05, 0) is 24.6 Å². The van der Waals surface area contributed by atoms with Crippen molar-refractivity contribution in [1.29, 1.82) is 0 Å². The number of aliphatic hydroxyl groups excluding tert-OH is 1. The van der Waals surface area contributed by atoms with Gasteiger partial charge in [-0.25, -0.2) is 0 Å².